The molecule has 0 aliphatic heterocycles. The maximum absolute atomic E-state index is 5.71. The second-order valence-electron chi connectivity index (χ2n) is 3.30. The number of hydrogen-bond donors (Lipinski definition) is 1. The van der Waals surface area contributed by atoms with Crippen molar-refractivity contribution in [1.82, 2.24) is 0 Å². The minimum Gasteiger partial charge on any atom is -0.399 e. The molecule has 16 heavy (non-hydrogen) atoms. The van der Waals surface area contributed by atoms with Crippen molar-refractivity contribution >= 4 is 0 Å². The van der Waals surface area contributed by atoms with Crippen molar-refractivity contribution in [2.24, 2.45) is 5.73 Å². The Morgan fingerprint density at radius 1 is 1.12 bits per heavy atom. The Bertz CT molecular complexity index is 278. The van der Waals surface area contributed by atoms with Gasteiger partial charge in [0.15, 0.2) is 0 Å². The van der Waals surface area contributed by atoms with Crippen LogP contribution in [-0.2, 0) is 0 Å². The zero-order chi connectivity index (χ0) is 13.0. The molecule has 0 aromatic rings. The van der Waals surface area contributed by atoms with Crippen LogP contribution in [0.2, 0.25) is 0 Å². The first-order valence-corrected chi connectivity index (χ1v) is 6.05. The summed E-state index contributed by atoms with van der Waals surface area (Å²) >= 11 is 0. The molecule has 0 bridgehead atoms. The van der Waals surface area contributed by atoms with Crippen molar-refractivity contribution in [3.8, 4) is 0 Å². The van der Waals surface area contributed by atoms with Crippen LogP contribution >= 0.6 is 0 Å². The SMILES string of the molecule is CC.C\C=C(N)/C=C(C)/C(C)=C/C=C\CC. The summed E-state index contributed by atoms with van der Waals surface area (Å²) in [6.45, 7) is 12.2. The van der Waals surface area contributed by atoms with Crippen molar-refractivity contribution in [2.75, 3.05) is 0 Å². The van der Waals surface area contributed by atoms with Gasteiger partial charge in [0.25, 0.3) is 0 Å². The standard InChI is InChI=1S/C13H21N.C2H6/c1-5-7-8-9-11(3)12(4)10-13(14)6-2;1-2/h6-10H,5,14H2,1-4H3;1-2H3/b8-7-,11-9+,12-10+,13-6+;. The smallest absolute Gasteiger partial charge is 0.0273 e. The monoisotopic (exact) mass is 221 g/mol. The van der Waals surface area contributed by atoms with E-state index in [1.807, 2.05) is 32.9 Å². The first-order valence-electron chi connectivity index (χ1n) is 6.05. The average molecular weight is 221 g/mol. The number of hydrogen-bond acceptors (Lipinski definition) is 1. The molecular formula is C15H27N. The molecule has 0 unspecified atom stereocenters. The predicted molar refractivity (Wildman–Crippen MR) is 76.2 cm³/mol. The molecule has 0 spiro atoms. The van der Waals surface area contributed by atoms with Crippen molar-refractivity contribution in [1.29, 1.82) is 0 Å². The van der Waals surface area contributed by atoms with Crippen LogP contribution in [0, 0.1) is 0 Å². The van der Waals surface area contributed by atoms with Crippen molar-refractivity contribution in [2.45, 2.75) is 48.0 Å². The normalized spacial score (nSPS) is 13.8. The molecule has 0 rings (SSSR count). The van der Waals surface area contributed by atoms with Gasteiger partial charge >= 0.3 is 0 Å². The zero-order valence-electron chi connectivity index (χ0n) is 11.7. The summed E-state index contributed by atoms with van der Waals surface area (Å²) < 4.78 is 0. The van der Waals surface area contributed by atoms with Gasteiger partial charge in [0, 0.05) is 5.70 Å². The lowest BCUT2D eigenvalue weighted by Gasteiger charge is -2.00. The zero-order valence-corrected chi connectivity index (χ0v) is 11.7. The number of rotatable bonds is 4. The molecule has 1 heteroatoms. The molecule has 0 amide bonds. The van der Waals surface area contributed by atoms with Crippen LogP contribution in [0.4, 0.5) is 0 Å². The molecular weight excluding hydrogens is 194 g/mol. The molecule has 0 aromatic carbocycles. The van der Waals surface area contributed by atoms with Crippen molar-refractivity contribution in [3.05, 3.63) is 47.2 Å². The summed E-state index contributed by atoms with van der Waals surface area (Å²) in [5.41, 5.74) is 8.98. The van der Waals surface area contributed by atoms with E-state index in [9.17, 15) is 0 Å². The lowest BCUT2D eigenvalue weighted by molar-refractivity contribution is 1.22. The Balaban J connectivity index is 0. The first-order chi connectivity index (χ1) is 7.61. The van der Waals surface area contributed by atoms with E-state index >= 15 is 0 Å². The maximum Gasteiger partial charge on any atom is 0.0273 e. The van der Waals surface area contributed by atoms with Crippen LogP contribution in [0.3, 0.4) is 0 Å². The van der Waals surface area contributed by atoms with Crippen LogP contribution in [0.5, 0.6) is 0 Å². The minimum absolute atomic E-state index is 0.815. The molecule has 2 N–H and O–H groups in total. The first kappa shape index (κ1) is 17.2. The summed E-state index contributed by atoms with van der Waals surface area (Å²) in [4.78, 5) is 0. The Morgan fingerprint density at radius 3 is 2.12 bits per heavy atom. The fourth-order valence-electron chi connectivity index (χ4n) is 0.927. The highest BCUT2D eigenvalue weighted by Gasteiger charge is 1.91. The van der Waals surface area contributed by atoms with Crippen LogP contribution in [0.1, 0.15) is 48.0 Å². The molecule has 0 aromatic heterocycles. The summed E-state index contributed by atoms with van der Waals surface area (Å²) in [7, 11) is 0. The van der Waals surface area contributed by atoms with Gasteiger partial charge in [-0.1, -0.05) is 45.1 Å². The molecule has 1 nitrogen and oxygen atoms in total. The summed E-state index contributed by atoms with van der Waals surface area (Å²) in [6, 6.07) is 0. The topological polar surface area (TPSA) is 26.0 Å². The third-order valence-electron chi connectivity index (χ3n) is 2.06. The maximum atomic E-state index is 5.71. The van der Waals surface area contributed by atoms with Gasteiger partial charge in [0.2, 0.25) is 0 Å². The van der Waals surface area contributed by atoms with Gasteiger partial charge in [0.05, 0.1) is 0 Å². The van der Waals surface area contributed by atoms with E-state index in [0.29, 0.717) is 0 Å². The third kappa shape index (κ3) is 9.32. The van der Waals surface area contributed by atoms with Crippen LogP contribution in [0.25, 0.3) is 0 Å². The van der Waals surface area contributed by atoms with Crippen LogP contribution < -0.4 is 5.73 Å². The van der Waals surface area contributed by atoms with E-state index in [-0.39, 0.29) is 0 Å². The van der Waals surface area contributed by atoms with Gasteiger partial charge in [-0.05, 0) is 44.4 Å². The van der Waals surface area contributed by atoms with Gasteiger partial charge in [-0.3, -0.25) is 0 Å². The van der Waals surface area contributed by atoms with E-state index < -0.39 is 0 Å². The summed E-state index contributed by atoms with van der Waals surface area (Å²) in [6.07, 6.45) is 11.3. The minimum atomic E-state index is 0.815. The van der Waals surface area contributed by atoms with Gasteiger partial charge in [0.1, 0.15) is 0 Å². The Morgan fingerprint density at radius 2 is 1.69 bits per heavy atom. The molecule has 0 aliphatic rings. The highest BCUT2D eigenvalue weighted by molar-refractivity contribution is 5.35. The van der Waals surface area contributed by atoms with Gasteiger partial charge in [-0.25, -0.2) is 0 Å². The van der Waals surface area contributed by atoms with Gasteiger partial charge < -0.3 is 5.73 Å². The highest BCUT2D eigenvalue weighted by atomic mass is 14.5. The van der Waals surface area contributed by atoms with E-state index in [0.717, 1.165) is 12.1 Å². The van der Waals surface area contributed by atoms with Crippen LogP contribution in [-0.4, -0.2) is 0 Å². The quantitative estimate of drug-likeness (QED) is 0.682. The molecule has 0 atom stereocenters. The largest absolute Gasteiger partial charge is 0.399 e. The van der Waals surface area contributed by atoms with Crippen molar-refractivity contribution < 1.29 is 0 Å². The average Bonchev–Trinajstić information content (AvgIpc) is 2.31. The lowest BCUT2D eigenvalue weighted by atomic mass is 10.1. The Labute approximate surface area is 101 Å². The summed E-state index contributed by atoms with van der Waals surface area (Å²) in [5.74, 6) is 0. The Kier molecular flexibility index (Phi) is 12.7. The number of nitrogens with two attached hydrogens (primary N) is 1. The van der Waals surface area contributed by atoms with E-state index in [1.54, 1.807) is 0 Å². The van der Waals surface area contributed by atoms with Gasteiger partial charge in [-0.2, -0.15) is 0 Å². The number of allylic oxidation sites excluding steroid dienone is 7. The van der Waals surface area contributed by atoms with Crippen molar-refractivity contribution in [3.63, 3.8) is 0 Å². The predicted octanol–water partition coefficient (Wildman–Crippen LogP) is 4.73. The molecule has 0 saturated heterocycles. The van der Waals surface area contributed by atoms with E-state index in [4.69, 9.17) is 5.73 Å². The summed E-state index contributed by atoms with van der Waals surface area (Å²) in [5, 5.41) is 0. The van der Waals surface area contributed by atoms with E-state index in [1.165, 1.54) is 11.1 Å². The molecule has 92 valence electrons. The van der Waals surface area contributed by atoms with Crippen LogP contribution in [0.15, 0.2) is 47.2 Å². The van der Waals surface area contributed by atoms with Gasteiger partial charge in [-0.15, -0.1) is 0 Å². The molecule has 0 aliphatic carbocycles. The molecule has 0 radical (unpaired) electrons. The fraction of sp³-hybridized carbons (Fsp3) is 0.467. The lowest BCUT2D eigenvalue weighted by Crippen LogP contribution is -1.93. The second-order valence-corrected chi connectivity index (χ2v) is 3.30. The molecule has 0 heterocycles. The fourth-order valence-corrected chi connectivity index (χ4v) is 0.927. The van der Waals surface area contributed by atoms with E-state index in [2.05, 4.69) is 39.0 Å². The Hall–Kier alpha value is -1.24. The third-order valence-corrected chi connectivity index (χ3v) is 2.06. The molecule has 0 fully saturated rings. The molecule has 0 saturated carbocycles. The highest BCUT2D eigenvalue weighted by Crippen LogP contribution is 2.09. The second kappa shape index (κ2) is 11.8.